The number of aromatic amines is 1. The number of fused-ring (bicyclic) bond motifs is 1. The maximum Gasteiger partial charge on any atom is 0.181 e. The number of halogens is 2. The van der Waals surface area contributed by atoms with E-state index >= 15 is 0 Å². The first-order chi connectivity index (χ1) is 8.24. The molecular formula is C11H6BrFN4. The second kappa shape index (κ2) is 3.89. The van der Waals surface area contributed by atoms with E-state index in [2.05, 4.69) is 35.9 Å². The zero-order valence-electron chi connectivity index (χ0n) is 8.48. The molecule has 4 nitrogen and oxygen atoms in total. The largest absolute Gasteiger partial charge is 0.335 e. The highest BCUT2D eigenvalue weighted by atomic mass is 79.9. The topological polar surface area (TPSA) is 54.5 Å². The lowest BCUT2D eigenvalue weighted by atomic mass is 10.2. The van der Waals surface area contributed by atoms with Crippen molar-refractivity contribution in [1.29, 1.82) is 0 Å². The number of imidazole rings is 1. The van der Waals surface area contributed by atoms with Gasteiger partial charge >= 0.3 is 0 Å². The Morgan fingerprint density at radius 2 is 2.18 bits per heavy atom. The van der Waals surface area contributed by atoms with Crippen LogP contribution in [0, 0.1) is 5.82 Å². The molecule has 0 aliphatic heterocycles. The molecule has 1 aromatic carbocycles. The van der Waals surface area contributed by atoms with Crippen molar-refractivity contribution in [3.05, 3.63) is 41.0 Å². The third kappa shape index (κ3) is 1.80. The summed E-state index contributed by atoms with van der Waals surface area (Å²) in [6.45, 7) is 0. The van der Waals surface area contributed by atoms with E-state index in [-0.39, 0.29) is 5.82 Å². The van der Waals surface area contributed by atoms with Crippen LogP contribution in [0.25, 0.3) is 22.6 Å². The molecule has 3 rings (SSSR count). The lowest BCUT2D eigenvalue weighted by molar-refractivity contribution is 0.628. The van der Waals surface area contributed by atoms with E-state index in [9.17, 15) is 4.39 Å². The maximum absolute atomic E-state index is 13.2. The van der Waals surface area contributed by atoms with Crippen molar-refractivity contribution < 1.29 is 4.39 Å². The molecule has 2 heterocycles. The monoisotopic (exact) mass is 292 g/mol. The number of nitrogens with zero attached hydrogens (tertiary/aromatic N) is 3. The Morgan fingerprint density at radius 1 is 1.29 bits per heavy atom. The lowest BCUT2D eigenvalue weighted by Crippen LogP contribution is -1.84. The molecule has 84 valence electrons. The van der Waals surface area contributed by atoms with Gasteiger partial charge in [0, 0.05) is 10.0 Å². The number of hydrogen-bond acceptors (Lipinski definition) is 3. The van der Waals surface area contributed by atoms with Crippen molar-refractivity contribution in [2.75, 3.05) is 0 Å². The van der Waals surface area contributed by atoms with Gasteiger partial charge < -0.3 is 4.98 Å². The lowest BCUT2D eigenvalue weighted by Gasteiger charge is -2.00. The van der Waals surface area contributed by atoms with Gasteiger partial charge in [0.25, 0.3) is 0 Å². The molecule has 0 bridgehead atoms. The second-order valence-corrected chi connectivity index (χ2v) is 4.32. The average Bonchev–Trinajstić information content (AvgIpc) is 2.75. The molecule has 3 aromatic rings. The quantitative estimate of drug-likeness (QED) is 0.750. The number of rotatable bonds is 1. The first-order valence-corrected chi connectivity index (χ1v) is 5.64. The smallest absolute Gasteiger partial charge is 0.181 e. The van der Waals surface area contributed by atoms with Gasteiger partial charge in [0.15, 0.2) is 5.65 Å². The third-order valence-electron chi connectivity index (χ3n) is 2.35. The standard InChI is InChI=1S/C11H6BrFN4/c12-8-2-1-6(13)3-7(8)10-16-9-4-14-5-15-11(9)17-10/h1-5H,(H,14,15,16,17). The Morgan fingerprint density at radius 3 is 3.00 bits per heavy atom. The molecular weight excluding hydrogens is 287 g/mol. The number of aromatic nitrogens is 4. The first-order valence-electron chi connectivity index (χ1n) is 4.85. The van der Waals surface area contributed by atoms with Crippen molar-refractivity contribution in [3.8, 4) is 11.4 Å². The SMILES string of the molecule is Fc1ccc(Br)c(-c2nc3ncncc3[nH]2)c1. The molecule has 0 fully saturated rings. The van der Waals surface area contributed by atoms with Crippen LogP contribution in [-0.4, -0.2) is 19.9 Å². The van der Waals surface area contributed by atoms with Gasteiger partial charge in [-0.25, -0.2) is 19.3 Å². The number of benzene rings is 1. The van der Waals surface area contributed by atoms with Crippen molar-refractivity contribution in [2.45, 2.75) is 0 Å². The van der Waals surface area contributed by atoms with Crippen LogP contribution in [0.5, 0.6) is 0 Å². The minimum atomic E-state index is -0.310. The molecule has 0 saturated heterocycles. The van der Waals surface area contributed by atoms with Gasteiger partial charge in [-0.1, -0.05) is 15.9 Å². The van der Waals surface area contributed by atoms with Gasteiger partial charge in [0.1, 0.15) is 23.5 Å². The highest BCUT2D eigenvalue weighted by Crippen LogP contribution is 2.27. The van der Waals surface area contributed by atoms with Crippen LogP contribution in [0.2, 0.25) is 0 Å². The predicted octanol–water partition coefficient (Wildman–Crippen LogP) is 2.92. The normalized spacial score (nSPS) is 10.9. The Balaban J connectivity index is 2.23. The molecule has 0 atom stereocenters. The Kier molecular flexibility index (Phi) is 2.36. The van der Waals surface area contributed by atoms with E-state index in [0.717, 1.165) is 9.99 Å². The van der Waals surface area contributed by atoms with Crippen LogP contribution < -0.4 is 0 Å². The van der Waals surface area contributed by atoms with Crippen LogP contribution >= 0.6 is 15.9 Å². The molecule has 0 radical (unpaired) electrons. The van der Waals surface area contributed by atoms with Crippen LogP contribution in [0.15, 0.2) is 35.2 Å². The summed E-state index contributed by atoms with van der Waals surface area (Å²) in [5.41, 5.74) is 1.94. The minimum Gasteiger partial charge on any atom is -0.335 e. The van der Waals surface area contributed by atoms with Crippen molar-refractivity contribution >= 4 is 27.1 Å². The molecule has 0 saturated carbocycles. The molecule has 0 amide bonds. The van der Waals surface area contributed by atoms with E-state index in [0.29, 0.717) is 17.0 Å². The summed E-state index contributed by atoms with van der Waals surface area (Å²) in [4.78, 5) is 15.2. The molecule has 0 aliphatic carbocycles. The zero-order chi connectivity index (χ0) is 11.8. The van der Waals surface area contributed by atoms with E-state index in [4.69, 9.17) is 0 Å². The van der Waals surface area contributed by atoms with Crippen LogP contribution in [-0.2, 0) is 0 Å². The van der Waals surface area contributed by atoms with E-state index in [1.807, 2.05) is 0 Å². The van der Waals surface area contributed by atoms with Crippen molar-refractivity contribution in [3.63, 3.8) is 0 Å². The molecule has 0 spiro atoms. The fraction of sp³-hybridized carbons (Fsp3) is 0. The summed E-state index contributed by atoms with van der Waals surface area (Å²) in [7, 11) is 0. The summed E-state index contributed by atoms with van der Waals surface area (Å²) < 4.78 is 14.0. The number of hydrogen-bond donors (Lipinski definition) is 1. The second-order valence-electron chi connectivity index (χ2n) is 3.47. The molecule has 1 N–H and O–H groups in total. The Labute approximate surface area is 104 Å². The summed E-state index contributed by atoms with van der Waals surface area (Å²) in [6.07, 6.45) is 3.06. The Bertz CT molecular complexity index is 662. The average molecular weight is 293 g/mol. The predicted molar refractivity (Wildman–Crippen MR) is 64.8 cm³/mol. The molecule has 17 heavy (non-hydrogen) atoms. The van der Waals surface area contributed by atoms with Crippen LogP contribution in [0.4, 0.5) is 4.39 Å². The number of nitrogens with one attached hydrogen (secondary N) is 1. The summed E-state index contributed by atoms with van der Waals surface area (Å²) in [5.74, 6) is 0.251. The van der Waals surface area contributed by atoms with Gasteiger partial charge in [-0.3, -0.25) is 0 Å². The minimum absolute atomic E-state index is 0.310. The van der Waals surface area contributed by atoms with Gasteiger partial charge in [0.05, 0.1) is 6.20 Å². The number of H-pyrrole nitrogens is 1. The molecule has 2 aromatic heterocycles. The molecule has 6 heteroatoms. The summed E-state index contributed by atoms with van der Waals surface area (Å²) >= 11 is 3.36. The fourth-order valence-corrected chi connectivity index (χ4v) is 2.00. The summed E-state index contributed by atoms with van der Waals surface area (Å²) in [6, 6.07) is 4.44. The first kappa shape index (κ1) is 10.3. The molecule has 0 aliphatic rings. The highest BCUT2D eigenvalue weighted by molar-refractivity contribution is 9.10. The fourth-order valence-electron chi connectivity index (χ4n) is 1.57. The van der Waals surface area contributed by atoms with Crippen molar-refractivity contribution in [2.24, 2.45) is 0 Å². The zero-order valence-corrected chi connectivity index (χ0v) is 10.1. The summed E-state index contributed by atoms with van der Waals surface area (Å²) in [5, 5.41) is 0. The van der Waals surface area contributed by atoms with Crippen LogP contribution in [0.3, 0.4) is 0 Å². The van der Waals surface area contributed by atoms with Gasteiger partial charge in [0.2, 0.25) is 0 Å². The van der Waals surface area contributed by atoms with E-state index < -0.39 is 0 Å². The van der Waals surface area contributed by atoms with E-state index in [1.165, 1.54) is 18.5 Å². The molecule has 0 unspecified atom stereocenters. The van der Waals surface area contributed by atoms with E-state index in [1.54, 1.807) is 12.3 Å². The maximum atomic E-state index is 13.2. The van der Waals surface area contributed by atoms with Crippen molar-refractivity contribution in [1.82, 2.24) is 19.9 Å². The van der Waals surface area contributed by atoms with Crippen LogP contribution in [0.1, 0.15) is 0 Å². The van der Waals surface area contributed by atoms with Gasteiger partial charge in [-0.05, 0) is 18.2 Å². The third-order valence-corrected chi connectivity index (χ3v) is 3.04. The van der Waals surface area contributed by atoms with Gasteiger partial charge in [-0.15, -0.1) is 0 Å². The highest BCUT2D eigenvalue weighted by Gasteiger charge is 2.10. The van der Waals surface area contributed by atoms with Gasteiger partial charge in [-0.2, -0.15) is 0 Å². The Hall–Kier alpha value is -1.82.